The molecule has 0 bridgehead atoms. The first-order valence-electron chi connectivity index (χ1n) is 6.66. The number of amides is 1. The molecule has 0 aliphatic heterocycles. The van der Waals surface area contributed by atoms with Gasteiger partial charge in [0.1, 0.15) is 0 Å². The molecular weight excluding hydrogens is 301 g/mol. The average molecular weight is 327 g/mol. The van der Waals surface area contributed by atoms with Crippen molar-refractivity contribution in [2.75, 3.05) is 31.8 Å². The molecule has 0 heterocycles. The van der Waals surface area contributed by atoms with Gasteiger partial charge in [0.25, 0.3) is 6.57 Å². The minimum atomic E-state index is -2.62. The molecule has 1 atom stereocenters. The average Bonchev–Trinajstić information content (AvgIpc) is 2.31. The lowest BCUT2D eigenvalue weighted by Gasteiger charge is -2.07. The minimum Gasteiger partial charge on any atom is -0.356 e. The predicted octanol–water partition coefficient (Wildman–Crippen LogP) is 3.58. The van der Waals surface area contributed by atoms with Crippen LogP contribution in [0.25, 0.3) is 0 Å². The van der Waals surface area contributed by atoms with Crippen LogP contribution in [-0.2, 0) is 13.9 Å². The van der Waals surface area contributed by atoms with Crippen molar-refractivity contribution in [2.45, 2.75) is 38.5 Å². The van der Waals surface area contributed by atoms with Crippen LogP contribution in [0.5, 0.6) is 0 Å². The summed E-state index contributed by atoms with van der Waals surface area (Å²) in [4.78, 5) is 11.4. The summed E-state index contributed by atoms with van der Waals surface area (Å²) >= 11 is 5.62. The summed E-state index contributed by atoms with van der Waals surface area (Å²) in [5.41, 5.74) is 0. The molecule has 0 saturated heterocycles. The molecule has 0 spiro atoms. The van der Waals surface area contributed by atoms with Crippen LogP contribution in [0.3, 0.4) is 0 Å². The first-order chi connectivity index (χ1) is 8.95. The molecule has 0 aromatic carbocycles. The second-order valence-corrected chi connectivity index (χ2v) is 9.53. The van der Waals surface area contributed by atoms with Crippen LogP contribution in [-0.4, -0.2) is 37.7 Å². The Balaban J connectivity index is 3.22. The number of carbonyl (C=O) groups is 1. The molecule has 0 saturated carbocycles. The summed E-state index contributed by atoms with van der Waals surface area (Å²) < 4.78 is 16.2. The van der Waals surface area contributed by atoms with E-state index >= 15 is 0 Å². The molecule has 0 radical (unpaired) electrons. The van der Waals surface area contributed by atoms with Gasteiger partial charge in [0.15, 0.2) is 0 Å². The van der Waals surface area contributed by atoms with E-state index in [0.717, 1.165) is 44.4 Å². The van der Waals surface area contributed by atoms with E-state index in [0.29, 0.717) is 13.0 Å². The molecule has 1 N–H and O–H groups in total. The van der Waals surface area contributed by atoms with E-state index < -0.39 is 6.57 Å². The number of thiol groups is 1. The Bertz CT molecular complexity index is 284. The number of rotatable bonds is 12. The first-order valence-corrected chi connectivity index (χ1v) is 11.3. The van der Waals surface area contributed by atoms with E-state index in [2.05, 4.69) is 17.6 Å². The molecule has 1 amide bonds. The standard InChI is InChI=1S/C12H26NO3PS2/c1-17(15,18)16-10-6-4-3-5-9-13-12(14)8-7-11-19-2/h3-11H2,1-2H3,(H,13,14)(H,15,18). The quantitative estimate of drug-likeness (QED) is 0.327. The third kappa shape index (κ3) is 16.3. The maximum absolute atomic E-state index is 11.4. The minimum absolute atomic E-state index is 0.152. The Labute approximate surface area is 126 Å². The Morgan fingerprint density at radius 2 is 1.95 bits per heavy atom. The third-order valence-electron chi connectivity index (χ3n) is 2.48. The van der Waals surface area contributed by atoms with Crippen LogP contribution >= 0.6 is 30.6 Å². The zero-order chi connectivity index (χ0) is 14.6. The van der Waals surface area contributed by atoms with Gasteiger partial charge in [0.05, 0.1) is 6.61 Å². The fourth-order valence-corrected chi connectivity index (χ4v) is 2.65. The molecular formula is C12H26NO3PS2. The highest BCUT2D eigenvalue weighted by atomic mass is 32.7. The number of hydrogen-bond acceptors (Lipinski definition) is 4. The molecule has 1 unspecified atom stereocenters. The fraction of sp³-hybridized carbons (Fsp3) is 0.917. The monoisotopic (exact) mass is 327 g/mol. The zero-order valence-corrected chi connectivity index (χ0v) is 14.5. The van der Waals surface area contributed by atoms with E-state index in [4.69, 9.17) is 4.52 Å². The lowest BCUT2D eigenvalue weighted by molar-refractivity contribution is -0.121. The van der Waals surface area contributed by atoms with Gasteiger partial charge in [-0.05, 0) is 31.3 Å². The van der Waals surface area contributed by atoms with Gasteiger partial charge in [-0.25, -0.2) is 0 Å². The highest BCUT2D eigenvalue weighted by Crippen LogP contribution is 2.47. The Morgan fingerprint density at radius 3 is 2.58 bits per heavy atom. The maximum atomic E-state index is 11.4. The van der Waals surface area contributed by atoms with E-state index in [1.54, 1.807) is 11.8 Å². The van der Waals surface area contributed by atoms with Gasteiger partial charge in [0.2, 0.25) is 5.91 Å². The van der Waals surface area contributed by atoms with Crippen LogP contribution < -0.4 is 5.32 Å². The predicted molar refractivity (Wildman–Crippen MR) is 87.6 cm³/mol. The van der Waals surface area contributed by atoms with Gasteiger partial charge in [-0.2, -0.15) is 11.8 Å². The van der Waals surface area contributed by atoms with Crippen molar-refractivity contribution in [3.63, 3.8) is 0 Å². The van der Waals surface area contributed by atoms with Gasteiger partial charge >= 0.3 is 0 Å². The van der Waals surface area contributed by atoms with Gasteiger partial charge in [-0.3, -0.25) is 9.36 Å². The van der Waals surface area contributed by atoms with Crippen LogP contribution in [0, 0.1) is 0 Å². The highest BCUT2D eigenvalue weighted by Gasteiger charge is 2.06. The van der Waals surface area contributed by atoms with Crippen LogP contribution in [0.1, 0.15) is 38.5 Å². The highest BCUT2D eigenvalue weighted by molar-refractivity contribution is 8.46. The summed E-state index contributed by atoms with van der Waals surface area (Å²) in [5, 5.41) is 2.92. The van der Waals surface area contributed by atoms with Crippen molar-refractivity contribution >= 4 is 36.5 Å². The Hall–Kier alpha value is 0.360. The van der Waals surface area contributed by atoms with E-state index in [1.165, 1.54) is 6.66 Å². The summed E-state index contributed by atoms with van der Waals surface area (Å²) in [6, 6.07) is 0. The van der Waals surface area contributed by atoms with E-state index in [9.17, 15) is 9.36 Å². The third-order valence-corrected chi connectivity index (χ3v) is 4.18. The summed E-state index contributed by atoms with van der Waals surface area (Å²) in [6.07, 6.45) is 7.57. The van der Waals surface area contributed by atoms with E-state index in [-0.39, 0.29) is 5.91 Å². The number of carbonyl (C=O) groups excluding carboxylic acids is 1. The topological polar surface area (TPSA) is 55.4 Å². The van der Waals surface area contributed by atoms with Crippen molar-refractivity contribution in [3.05, 3.63) is 0 Å². The fourth-order valence-electron chi connectivity index (χ4n) is 1.51. The molecule has 0 aromatic heterocycles. The molecule has 4 nitrogen and oxygen atoms in total. The molecule has 0 fully saturated rings. The molecule has 0 aliphatic rings. The Kier molecular flexibility index (Phi) is 12.4. The number of nitrogens with one attached hydrogen (secondary N) is 1. The second-order valence-electron chi connectivity index (χ2n) is 4.50. The van der Waals surface area contributed by atoms with Gasteiger partial charge in [-0.1, -0.05) is 25.1 Å². The van der Waals surface area contributed by atoms with Crippen LogP contribution in [0.4, 0.5) is 0 Å². The Morgan fingerprint density at radius 1 is 1.26 bits per heavy atom. The van der Waals surface area contributed by atoms with Crippen LogP contribution in [0.15, 0.2) is 0 Å². The van der Waals surface area contributed by atoms with Crippen LogP contribution in [0.2, 0.25) is 0 Å². The lowest BCUT2D eigenvalue weighted by atomic mass is 10.2. The lowest BCUT2D eigenvalue weighted by Crippen LogP contribution is -2.24. The molecule has 19 heavy (non-hydrogen) atoms. The van der Waals surface area contributed by atoms with Crippen molar-refractivity contribution < 1.29 is 13.9 Å². The number of hydrogen-bond donors (Lipinski definition) is 2. The summed E-state index contributed by atoms with van der Waals surface area (Å²) in [7, 11) is 0. The van der Waals surface area contributed by atoms with Crippen molar-refractivity contribution in [2.24, 2.45) is 0 Å². The van der Waals surface area contributed by atoms with Gasteiger partial charge in [0, 0.05) is 19.6 Å². The molecule has 114 valence electrons. The number of thioether (sulfide) groups is 1. The molecule has 0 aromatic rings. The first kappa shape index (κ1) is 19.4. The van der Waals surface area contributed by atoms with Gasteiger partial charge in [-0.15, -0.1) is 0 Å². The van der Waals surface area contributed by atoms with Gasteiger partial charge < -0.3 is 9.84 Å². The number of unbranched alkanes of at least 4 members (excludes halogenated alkanes) is 3. The second kappa shape index (κ2) is 12.1. The molecule has 0 rings (SSSR count). The smallest absolute Gasteiger partial charge is 0.251 e. The SMILES string of the molecule is CSCCCC(=O)NCCCCCCOP(C)(=O)S. The van der Waals surface area contributed by atoms with E-state index in [1.807, 2.05) is 6.26 Å². The van der Waals surface area contributed by atoms with Crippen molar-refractivity contribution in [1.82, 2.24) is 5.32 Å². The molecule has 0 aliphatic carbocycles. The summed E-state index contributed by atoms with van der Waals surface area (Å²) in [6.45, 7) is 0.131. The zero-order valence-electron chi connectivity index (χ0n) is 11.9. The van der Waals surface area contributed by atoms with Crippen molar-refractivity contribution in [3.8, 4) is 0 Å². The summed E-state index contributed by atoms with van der Waals surface area (Å²) in [5.74, 6) is 1.19. The molecule has 7 heteroatoms. The maximum Gasteiger partial charge on any atom is 0.251 e. The van der Waals surface area contributed by atoms with Crippen molar-refractivity contribution in [1.29, 1.82) is 0 Å². The normalized spacial score (nSPS) is 14.1. The largest absolute Gasteiger partial charge is 0.356 e.